The van der Waals surface area contributed by atoms with Gasteiger partial charge in [-0.1, -0.05) is 6.92 Å². The molecule has 0 amide bonds. The number of carbonyl (C=O) groups is 1. The molecule has 0 spiro atoms. The summed E-state index contributed by atoms with van der Waals surface area (Å²) in [5.41, 5.74) is 0. The molecule has 0 saturated heterocycles. The first kappa shape index (κ1) is 9.24. The van der Waals surface area contributed by atoms with Crippen molar-refractivity contribution < 1.29 is 37.5 Å². The van der Waals surface area contributed by atoms with Gasteiger partial charge in [0.1, 0.15) is 6.29 Å². The largest absolute Gasteiger partial charge is 0.303 e. The van der Waals surface area contributed by atoms with Crippen LogP contribution in [-0.4, -0.2) is 6.29 Å². The minimum Gasteiger partial charge on any atom is -0.303 e. The summed E-state index contributed by atoms with van der Waals surface area (Å²) in [6.07, 6.45) is 1.51. The van der Waals surface area contributed by atoms with Gasteiger partial charge in [-0.05, 0) is 0 Å². The van der Waals surface area contributed by atoms with Crippen LogP contribution in [-0.2, 0) is 37.5 Å². The summed E-state index contributed by atoms with van der Waals surface area (Å²) in [6.45, 7) is 1.81. The number of rotatable bonds is 1. The van der Waals surface area contributed by atoms with Crippen LogP contribution in [0.3, 0.4) is 0 Å². The van der Waals surface area contributed by atoms with Crippen LogP contribution in [0.5, 0.6) is 0 Å². The minimum absolute atomic E-state index is 0. The first-order chi connectivity index (χ1) is 1.91. The average molecular weight is 147 g/mol. The minimum atomic E-state index is 0. The summed E-state index contributed by atoms with van der Waals surface area (Å²) >= 11 is 0. The van der Waals surface area contributed by atoms with Gasteiger partial charge in [0.15, 0.2) is 0 Å². The molecule has 0 atom stereocenters. The van der Waals surface area contributed by atoms with Crippen molar-refractivity contribution in [3.63, 3.8) is 0 Å². The molecule has 0 heterocycles. The summed E-state index contributed by atoms with van der Waals surface area (Å²) in [7, 11) is 0. The molecule has 1 radical (unpaired) electrons. The van der Waals surface area contributed by atoms with Crippen molar-refractivity contribution >= 4 is 6.29 Å². The summed E-state index contributed by atoms with van der Waals surface area (Å²) < 4.78 is 0. The van der Waals surface area contributed by atoms with E-state index in [1.54, 1.807) is 0 Å². The Morgan fingerprint density at radius 2 is 2.00 bits per heavy atom. The Bertz CT molecular complexity index is 20.9. The van der Waals surface area contributed by atoms with Crippen molar-refractivity contribution in [2.75, 3.05) is 0 Å². The van der Waals surface area contributed by atoms with Crippen LogP contribution in [0.15, 0.2) is 0 Å². The smallest absolute Gasteiger partial charge is 0.119 e. The Hall–Kier alpha value is 0.774. The van der Waals surface area contributed by atoms with E-state index >= 15 is 0 Å². The van der Waals surface area contributed by atoms with E-state index in [1.165, 1.54) is 0 Å². The molecule has 0 unspecified atom stereocenters. The van der Waals surface area contributed by atoms with Crippen molar-refractivity contribution in [1.82, 2.24) is 0 Å². The van der Waals surface area contributed by atoms with E-state index < -0.39 is 0 Å². The zero-order valence-electron chi connectivity index (χ0n) is 3.27. The van der Waals surface area contributed by atoms with Crippen molar-refractivity contribution in [2.45, 2.75) is 13.3 Å². The third-order valence-corrected chi connectivity index (χ3v) is 0.167. The number of hydrogen-bond donors (Lipinski definition) is 0. The molecule has 0 N–H and O–H groups in total. The zero-order valence-corrected chi connectivity index (χ0v) is 6.11. The molecule has 27 valence electrons. The van der Waals surface area contributed by atoms with Gasteiger partial charge in [-0.25, -0.2) is 0 Å². The van der Waals surface area contributed by atoms with Gasteiger partial charge in [-0.3, -0.25) is 0 Å². The van der Waals surface area contributed by atoms with Crippen LogP contribution in [0.4, 0.5) is 0 Å². The average Bonchev–Trinajstić information content (AvgIpc) is 1.37. The van der Waals surface area contributed by atoms with Gasteiger partial charge in [0, 0.05) is 39.1 Å². The molecule has 0 aliphatic heterocycles. The van der Waals surface area contributed by atoms with Crippen molar-refractivity contribution in [3.05, 3.63) is 0 Å². The van der Waals surface area contributed by atoms with Crippen LogP contribution < -0.4 is 0 Å². The summed E-state index contributed by atoms with van der Waals surface area (Å²) in [4.78, 5) is 9.17. The SMILES string of the molecule is CCC=O.[Y]. The van der Waals surface area contributed by atoms with Crippen molar-refractivity contribution in [2.24, 2.45) is 0 Å². The molecule has 1 nitrogen and oxygen atoms in total. The van der Waals surface area contributed by atoms with Gasteiger partial charge in [0.05, 0.1) is 0 Å². The third kappa shape index (κ3) is 11.7. The first-order valence-corrected chi connectivity index (χ1v) is 1.35. The molecule has 2 heteroatoms. The fourth-order valence-electron chi connectivity index (χ4n) is 0. The van der Waals surface area contributed by atoms with E-state index in [4.69, 9.17) is 0 Å². The molecule has 0 aliphatic carbocycles. The quantitative estimate of drug-likeness (QED) is 0.496. The zero-order chi connectivity index (χ0) is 3.41. The van der Waals surface area contributed by atoms with Gasteiger partial charge in [0.25, 0.3) is 0 Å². The van der Waals surface area contributed by atoms with Gasteiger partial charge >= 0.3 is 0 Å². The van der Waals surface area contributed by atoms with Crippen molar-refractivity contribution in [1.29, 1.82) is 0 Å². The van der Waals surface area contributed by atoms with Gasteiger partial charge < -0.3 is 4.79 Å². The second-order valence-corrected chi connectivity index (χ2v) is 0.575. The predicted molar refractivity (Wildman–Crippen MR) is 16.4 cm³/mol. The second kappa shape index (κ2) is 8.84. The standard InChI is InChI=1S/C3H6O.Y/c1-2-3-4;/h3H,2H2,1H3;. The van der Waals surface area contributed by atoms with Gasteiger partial charge in [0.2, 0.25) is 0 Å². The molecule has 0 aromatic heterocycles. The van der Waals surface area contributed by atoms with E-state index in [9.17, 15) is 4.79 Å². The fourth-order valence-corrected chi connectivity index (χ4v) is 0. The molecule has 0 fully saturated rings. The molecule has 0 aliphatic rings. The molecular weight excluding hydrogens is 141 g/mol. The van der Waals surface area contributed by atoms with E-state index in [-0.39, 0.29) is 32.7 Å². The normalized spacial score (nSPS) is 5.00. The third-order valence-electron chi connectivity index (χ3n) is 0.167. The van der Waals surface area contributed by atoms with Crippen molar-refractivity contribution in [3.8, 4) is 0 Å². The monoisotopic (exact) mass is 147 g/mol. The Balaban J connectivity index is 0. The predicted octanol–water partition coefficient (Wildman–Crippen LogP) is 0.593. The Morgan fingerprint density at radius 1 is 1.80 bits per heavy atom. The maximum absolute atomic E-state index is 9.17. The molecule has 0 aromatic rings. The van der Waals surface area contributed by atoms with Gasteiger partial charge in [-0.15, -0.1) is 0 Å². The maximum atomic E-state index is 9.17. The Labute approximate surface area is 57.0 Å². The van der Waals surface area contributed by atoms with Crippen LogP contribution in [0.25, 0.3) is 0 Å². The number of hydrogen-bond acceptors (Lipinski definition) is 1. The van der Waals surface area contributed by atoms with Crippen LogP contribution in [0.2, 0.25) is 0 Å². The molecule has 0 rings (SSSR count). The molecule has 0 aromatic carbocycles. The van der Waals surface area contributed by atoms with E-state index in [0.29, 0.717) is 6.42 Å². The molecule has 5 heavy (non-hydrogen) atoms. The first-order valence-electron chi connectivity index (χ1n) is 1.35. The summed E-state index contributed by atoms with van der Waals surface area (Å²) in [5.74, 6) is 0. The Kier molecular flexibility index (Phi) is 16.3. The fraction of sp³-hybridized carbons (Fsp3) is 0.667. The Morgan fingerprint density at radius 3 is 2.00 bits per heavy atom. The van der Waals surface area contributed by atoms with E-state index in [1.807, 2.05) is 6.92 Å². The number of aldehydes is 1. The van der Waals surface area contributed by atoms with E-state index in [0.717, 1.165) is 6.29 Å². The summed E-state index contributed by atoms with van der Waals surface area (Å²) in [5, 5.41) is 0. The van der Waals surface area contributed by atoms with Crippen LogP contribution in [0.1, 0.15) is 13.3 Å². The number of carbonyl (C=O) groups excluding carboxylic acids is 1. The molecular formula is C3H6OY. The van der Waals surface area contributed by atoms with E-state index in [2.05, 4.69) is 0 Å². The molecule has 0 saturated carbocycles. The summed E-state index contributed by atoms with van der Waals surface area (Å²) in [6, 6.07) is 0. The van der Waals surface area contributed by atoms with Crippen LogP contribution in [0, 0.1) is 0 Å². The second-order valence-electron chi connectivity index (χ2n) is 0.575. The topological polar surface area (TPSA) is 17.1 Å². The maximum Gasteiger partial charge on any atom is 0.119 e. The van der Waals surface area contributed by atoms with Gasteiger partial charge in [-0.2, -0.15) is 0 Å². The van der Waals surface area contributed by atoms with Crippen LogP contribution >= 0.6 is 0 Å². The molecule has 0 bridgehead atoms.